The minimum atomic E-state index is 0.0926. The van der Waals surface area contributed by atoms with Crippen LogP contribution in [0.3, 0.4) is 0 Å². The van der Waals surface area contributed by atoms with Crippen molar-refractivity contribution in [1.82, 2.24) is 19.6 Å². The number of rotatable bonds is 7. The van der Waals surface area contributed by atoms with Crippen LogP contribution < -0.4 is 0 Å². The van der Waals surface area contributed by atoms with E-state index in [1.54, 1.807) is 45.0 Å². The maximum Gasteiger partial charge on any atom is 0.218 e. The number of amides is 4. The van der Waals surface area contributed by atoms with E-state index in [9.17, 15) is 19.2 Å². The average Bonchev–Trinajstić information content (AvgIpc) is 2.58. The third-order valence-corrected chi connectivity index (χ3v) is 2.56. The van der Waals surface area contributed by atoms with Crippen molar-refractivity contribution in [1.29, 1.82) is 0 Å². The first-order chi connectivity index (χ1) is 11.6. The zero-order valence-corrected chi connectivity index (χ0v) is 17.5. The van der Waals surface area contributed by atoms with Crippen LogP contribution in [0, 0.1) is 0 Å². The monoisotopic (exact) mass is 362 g/mol. The highest BCUT2D eigenvalue weighted by molar-refractivity contribution is 5.72. The molecule has 0 aliphatic rings. The van der Waals surface area contributed by atoms with Gasteiger partial charge in [0.25, 0.3) is 0 Å². The molecule has 0 saturated heterocycles. The Hall–Kier alpha value is -2.12. The van der Waals surface area contributed by atoms with Gasteiger partial charge in [0.1, 0.15) is 0 Å². The third kappa shape index (κ3) is 39.1. The van der Waals surface area contributed by atoms with Crippen molar-refractivity contribution in [2.75, 3.05) is 54.9 Å². The van der Waals surface area contributed by atoms with Crippen LogP contribution in [0.1, 0.15) is 34.1 Å². The van der Waals surface area contributed by atoms with Gasteiger partial charge in [-0.2, -0.15) is 0 Å². The van der Waals surface area contributed by atoms with Gasteiger partial charge in [0.2, 0.25) is 25.1 Å². The van der Waals surface area contributed by atoms with Crippen molar-refractivity contribution < 1.29 is 19.2 Å². The van der Waals surface area contributed by atoms with Gasteiger partial charge in [0.05, 0.1) is 0 Å². The second kappa shape index (κ2) is 24.1. The second-order valence-electron chi connectivity index (χ2n) is 5.40. The van der Waals surface area contributed by atoms with Crippen LogP contribution >= 0.6 is 0 Å². The molecule has 4 amide bonds. The fourth-order valence-corrected chi connectivity index (χ4v) is 0.778. The normalized spacial score (nSPS) is 7.88. The minimum Gasteiger partial charge on any atom is -0.351 e. The van der Waals surface area contributed by atoms with Gasteiger partial charge in [-0.15, -0.1) is 0 Å². The number of carbonyl (C=O) groups excluding carboxylic acids is 4. The van der Waals surface area contributed by atoms with Crippen LogP contribution in [-0.4, -0.2) is 99.6 Å². The lowest BCUT2D eigenvalue weighted by molar-refractivity contribution is -0.126. The largest absolute Gasteiger partial charge is 0.351 e. The summed E-state index contributed by atoms with van der Waals surface area (Å²) in [7, 11) is 8.60. The molecule has 0 N–H and O–H groups in total. The molecule has 150 valence electrons. The summed E-state index contributed by atoms with van der Waals surface area (Å²) in [6.07, 6.45) is 3.48. The lowest BCUT2D eigenvalue weighted by Crippen LogP contribution is -2.19. The number of carbonyl (C=O) groups is 4. The van der Waals surface area contributed by atoms with E-state index < -0.39 is 0 Å². The first-order valence-electron chi connectivity index (χ1n) is 8.22. The van der Waals surface area contributed by atoms with Crippen molar-refractivity contribution in [2.24, 2.45) is 0 Å². The molecule has 0 radical (unpaired) electrons. The Morgan fingerprint density at radius 2 is 1.16 bits per heavy atom. The average molecular weight is 363 g/mol. The molecule has 8 nitrogen and oxygen atoms in total. The SMILES string of the molecule is CC(=O)N(C)C.CCCN(C)C=O.CCN(C=O)CC.CN(C)C=O. The molecular formula is C17H38N4O4. The molecule has 0 saturated carbocycles. The smallest absolute Gasteiger partial charge is 0.218 e. The summed E-state index contributed by atoms with van der Waals surface area (Å²) in [5, 5.41) is 0. The lowest BCUT2D eigenvalue weighted by atomic mass is 10.5. The molecule has 0 aromatic heterocycles. The molecule has 25 heavy (non-hydrogen) atoms. The molecule has 0 aromatic rings. The number of hydrogen-bond acceptors (Lipinski definition) is 4. The molecule has 0 bridgehead atoms. The maximum absolute atomic E-state index is 10.1. The molecule has 0 atom stereocenters. The standard InChI is InChI=1S/2C5H11NO.C4H9NO.C3H7NO/c1-3-4-6(2)5-7;1-3-6(4-2)5-7;1-4(6)5(2)3;1-4(2)3-5/h2*5H,3-4H2,1-2H3;1-3H3;3H,1-2H3. The van der Waals surface area contributed by atoms with Gasteiger partial charge < -0.3 is 19.6 Å². The predicted octanol–water partition coefficient (Wildman–Crippen LogP) is 0.768. The highest BCUT2D eigenvalue weighted by Crippen LogP contribution is 1.77. The Balaban J connectivity index is -0.000000119. The van der Waals surface area contributed by atoms with Gasteiger partial charge in [0.15, 0.2) is 0 Å². The molecule has 0 heterocycles. The van der Waals surface area contributed by atoms with Crippen LogP contribution in [-0.2, 0) is 19.2 Å². The summed E-state index contributed by atoms with van der Waals surface area (Å²) in [5.74, 6) is 0.0926. The van der Waals surface area contributed by atoms with Crippen molar-refractivity contribution in [3.8, 4) is 0 Å². The molecule has 8 heteroatoms. The van der Waals surface area contributed by atoms with E-state index in [4.69, 9.17) is 0 Å². The van der Waals surface area contributed by atoms with E-state index in [2.05, 4.69) is 0 Å². The van der Waals surface area contributed by atoms with Crippen LogP contribution in [0.15, 0.2) is 0 Å². The minimum absolute atomic E-state index is 0.0926. The first kappa shape index (κ1) is 30.7. The Morgan fingerprint density at radius 1 is 0.800 bits per heavy atom. The zero-order chi connectivity index (χ0) is 20.8. The number of nitrogens with zero attached hydrogens (tertiary/aromatic N) is 4. The summed E-state index contributed by atoms with van der Waals surface area (Å²) in [5.41, 5.74) is 0. The highest BCUT2D eigenvalue weighted by atomic mass is 16.2. The van der Waals surface area contributed by atoms with Crippen LogP contribution in [0.25, 0.3) is 0 Å². The van der Waals surface area contributed by atoms with Crippen LogP contribution in [0.5, 0.6) is 0 Å². The fraction of sp³-hybridized carbons (Fsp3) is 0.765. The van der Waals surface area contributed by atoms with E-state index in [1.807, 2.05) is 20.8 Å². The summed E-state index contributed by atoms with van der Waals surface area (Å²) >= 11 is 0. The topological polar surface area (TPSA) is 81.2 Å². The summed E-state index contributed by atoms with van der Waals surface area (Å²) in [6, 6.07) is 0. The molecule has 0 unspecified atom stereocenters. The van der Waals surface area contributed by atoms with Gasteiger partial charge in [-0.25, -0.2) is 0 Å². The summed E-state index contributed by atoms with van der Waals surface area (Å²) < 4.78 is 0. The van der Waals surface area contributed by atoms with Crippen molar-refractivity contribution in [3.63, 3.8) is 0 Å². The Bertz CT molecular complexity index is 320. The van der Waals surface area contributed by atoms with Gasteiger partial charge in [-0.1, -0.05) is 6.92 Å². The first-order valence-corrected chi connectivity index (χ1v) is 8.22. The molecule has 0 aliphatic carbocycles. The van der Waals surface area contributed by atoms with Crippen molar-refractivity contribution in [2.45, 2.75) is 34.1 Å². The lowest BCUT2D eigenvalue weighted by Gasteiger charge is -2.08. The quantitative estimate of drug-likeness (QED) is 0.627. The Labute approximate surface area is 153 Å². The van der Waals surface area contributed by atoms with E-state index in [0.717, 1.165) is 45.3 Å². The Morgan fingerprint density at radius 3 is 1.20 bits per heavy atom. The number of hydrogen-bond donors (Lipinski definition) is 0. The van der Waals surface area contributed by atoms with E-state index in [1.165, 1.54) is 16.7 Å². The molecule has 0 aliphatic heterocycles. The second-order valence-corrected chi connectivity index (χ2v) is 5.40. The van der Waals surface area contributed by atoms with Gasteiger partial charge >= 0.3 is 0 Å². The van der Waals surface area contributed by atoms with Crippen LogP contribution in [0.2, 0.25) is 0 Å². The molecule has 0 fully saturated rings. The Kier molecular flexibility index (Phi) is 29.7. The predicted molar refractivity (Wildman–Crippen MR) is 102 cm³/mol. The van der Waals surface area contributed by atoms with Crippen molar-refractivity contribution >= 4 is 25.1 Å². The van der Waals surface area contributed by atoms with Gasteiger partial charge in [0, 0.05) is 61.8 Å². The molecule has 0 aromatic carbocycles. The van der Waals surface area contributed by atoms with E-state index in [0.29, 0.717) is 0 Å². The van der Waals surface area contributed by atoms with E-state index >= 15 is 0 Å². The van der Waals surface area contributed by atoms with E-state index in [-0.39, 0.29) is 5.91 Å². The van der Waals surface area contributed by atoms with Crippen LogP contribution in [0.4, 0.5) is 0 Å². The highest BCUT2D eigenvalue weighted by Gasteiger charge is 1.88. The zero-order valence-electron chi connectivity index (χ0n) is 17.5. The van der Waals surface area contributed by atoms with Gasteiger partial charge in [-0.3, -0.25) is 19.2 Å². The third-order valence-electron chi connectivity index (χ3n) is 2.56. The fourth-order valence-electron chi connectivity index (χ4n) is 0.778. The molecule has 0 rings (SSSR count). The van der Waals surface area contributed by atoms with Gasteiger partial charge in [-0.05, 0) is 20.3 Å². The summed E-state index contributed by atoms with van der Waals surface area (Å²) in [4.78, 5) is 45.5. The molecule has 0 spiro atoms. The maximum atomic E-state index is 10.1. The summed E-state index contributed by atoms with van der Waals surface area (Å²) in [6.45, 7) is 9.99. The molecular weight excluding hydrogens is 324 g/mol. The van der Waals surface area contributed by atoms with Crippen molar-refractivity contribution in [3.05, 3.63) is 0 Å².